The first kappa shape index (κ1) is 29.2. The van der Waals surface area contributed by atoms with E-state index in [9.17, 15) is 5.26 Å². The Bertz CT molecular complexity index is 1740. The molecule has 11 nitrogen and oxygen atoms in total. The van der Waals surface area contributed by atoms with E-state index >= 15 is 0 Å². The zero-order valence-electron chi connectivity index (χ0n) is 26.5. The minimum Gasteiger partial charge on any atom is -0.491 e. The lowest BCUT2D eigenvalue weighted by molar-refractivity contribution is -0.00876. The first-order valence-corrected chi connectivity index (χ1v) is 16.3. The Morgan fingerprint density at radius 3 is 2.74 bits per heavy atom. The summed E-state index contributed by atoms with van der Waals surface area (Å²) in [6.45, 7) is 9.29. The molecule has 4 aromatic rings. The van der Waals surface area contributed by atoms with Crippen LogP contribution in [0.4, 0.5) is 5.82 Å². The molecule has 0 amide bonds. The van der Waals surface area contributed by atoms with Crippen molar-refractivity contribution in [1.29, 1.82) is 5.26 Å². The summed E-state index contributed by atoms with van der Waals surface area (Å²) >= 11 is 0. The van der Waals surface area contributed by atoms with Crippen LogP contribution in [0.15, 0.2) is 55.1 Å². The average Bonchev–Trinajstić information content (AvgIpc) is 3.58. The Morgan fingerprint density at radius 2 is 1.98 bits per heavy atom. The summed E-state index contributed by atoms with van der Waals surface area (Å²) in [7, 11) is 1.64. The topological polar surface area (TPSA) is 104 Å². The second-order valence-electron chi connectivity index (χ2n) is 13.5. The minimum atomic E-state index is 0.0813. The standard InChI is InChI=1S/C35H40N8O3/c1-35-13-24(7-9-45-23-35)18-41(35)8-10-46-30-12-31(34-27(14-36)17-39-43(34)22-30)26-4-5-32(37-16-26)40-20-28-11-29(21-40)42(28)19-25-3-6-33(44-2)38-15-25/h3-6,12,15-17,22,24,28-29H,7-11,13,18-21,23H2,1-2H3. The van der Waals surface area contributed by atoms with Crippen LogP contribution in [0.25, 0.3) is 16.6 Å². The van der Waals surface area contributed by atoms with Crippen molar-refractivity contribution >= 4 is 11.3 Å². The number of hydrogen-bond acceptors (Lipinski definition) is 10. The van der Waals surface area contributed by atoms with Crippen LogP contribution >= 0.6 is 0 Å². The van der Waals surface area contributed by atoms with Gasteiger partial charge < -0.3 is 19.1 Å². The molecule has 46 heavy (non-hydrogen) atoms. The van der Waals surface area contributed by atoms with Crippen molar-refractivity contribution in [2.75, 3.05) is 58.0 Å². The maximum absolute atomic E-state index is 9.84. The van der Waals surface area contributed by atoms with Gasteiger partial charge in [-0.25, -0.2) is 14.5 Å². The molecule has 4 unspecified atom stereocenters. The molecule has 5 fully saturated rings. The predicted molar refractivity (Wildman–Crippen MR) is 173 cm³/mol. The number of piperidine rings is 1. The number of ether oxygens (including phenoxy) is 3. The van der Waals surface area contributed by atoms with Gasteiger partial charge in [-0.2, -0.15) is 10.4 Å². The minimum absolute atomic E-state index is 0.0813. The predicted octanol–water partition coefficient (Wildman–Crippen LogP) is 4.01. The highest BCUT2D eigenvalue weighted by Gasteiger charge is 2.45. The molecule has 9 heterocycles. The van der Waals surface area contributed by atoms with Gasteiger partial charge in [-0.1, -0.05) is 6.07 Å². The number of methoxy groups -OCH3 is 1. The van der Waals surface area contributed by atoms with Crippen LogP contribution in [-0.2, 0) is 11.3 Å². The summed E-state index contributed by atoms with van der Waals surface area (Å²) in [6, 6.07) is 13.6. The number of piperazine rings is 1. The van der Waals surface area contributed by atoms with Crippen molar-refractivity contribution in [3.05, 3.63) is 66.2 Å². The van der Waals surface area contributed by atoms with Gasteiger partial charge in [0.05, 0.1) is 37.2 Å². The highest BCUT2D eigenvalue weighted by molar-refractivity contribution is 5.85. The monoisotopic (exact) mass is 620 g/mol. The average molecular weight is 621 g/mol. The molecule has 238 valence electrons. The van der Waals surface area contributed by atoms with Crippen LogP contribution in [0.2, 0.25) is 0 Å². The molecule has 4 bridgehead atoms. The molecule has 0 aliphatic carbocycles. The van der Waals surface area contributed by atoms with E-state index in [0.717, 1.165) is 80.6 Å². The fraction of sp³-hybridized carbons (Fsp3) is 0.486. The smallest absolute Gasteiger partial charge is 0.212 e. The van der Waals surface area contributed by atoms with Crippen molar-refractivity contribution in [3.8, 4) is 28.8 Å². The first-order chi connectivity index (χ1) is 22.5. The third-order valence-electron chi connectivity index (χ3n) is 10.5. The van der Waals surface area contributed by atoms with Crippen molar-refractivity contribution in [1.82, 2.24) is 29.4 Å². The molecule has 0 saturated carbocycles. The molecular weight excluding hydrogens is 580 g/mol. The molecule has 0 aromatic carbocycles. The third kappa shape index (κ3) is 5.34. The van der Waals surface area contributed by atoms with Crippen LogP contribution in [0.5, 0.6) is 11.6 Å². The van der Waals surface area contributed by atoms with Gasteiger partial charge in [-0.3, -0.25) is 9.80 Å². The third-order valence-corrected chi connectivity index (χ3v) is 10.5. The molecule has 5 aliphatic rings. The number of aromatic nitrogens is 4. The van der Waals surface area contributed by atoms with Gasteiger partial charge in [0.2, 0.25) is 5.88 Å². The van der Waals surface area contributed by atoms with Crippen LogP contribution in [-0.4, -0.2) is 100 Å². The molecule has 9 rings (SSSR count). The Labute approximate surface area is 269 Å². The molecule has 4 aromatic heterocycles. The molecule has 0 N–H and O–H groups in total. The number of nitrogens with zero attached hydrogens (tertiary/aromatic N) is 8. The Hall–Kier alpha value is -4.24. The van der Waals surface area contributed by atoms with E-state index in [1.54, 1.807) is 17.8 Å². The van der Waals surface area contributed by atoms with Gasteiger partial charge in [-0.05, 0) is 55.9 Å². The lowest BCUT2D eigenvalue weighted by Gasteiger charge is -2.56. The van der Waals surface area contributed by atoms with Crippen molar-refractivity contribution in [2.45, 2.75) is 50.4 Å². The SMILES string of the molecule is COc1ccc(CN2C3CC2CN(c2ccc(-c4cc(OCCN5CC6CCOCC5(C)C6)cn5ncc(C#N)c45)cn2)C3)cn1. The fourth-order valence-corrected chi connectivity index (χ4v) is 8.05. The molecule has 5 aliphatic heterocycles. The number of hydrogen-bond donors (Lipinski definition) is 0. The summed E-state index contributed by atoms with van der Waals surface area (Å²) in [5, 5.41) is 14.3. The number of rotatable bonds is 9. The lowest BCUT2D eigenvalue weighted by atomic mass is 9.87. The van der Waals surface area contributed by atoms with E-state index in [-0.39, 0.29) is 5.54 Å². The number of likely N-dealkylation sites (tertiary alicyclic amines) is 1. The van der Waals surface area contributed by atoms with Gasteiger partial charge in [0.1, 0.15) is 24.2 Å². The summed E-state index contributed by atoms with van der Waals surface area (Å²) in [5.41, 5.74) is 4.40. The lowest BCUT2D eigenvalue weighted by Crippen LogP contribution is -2.68. The first-order valence-electron chi connectivity index (χ1n) is 16.3. The molecule has 0 spiro atoms. The van der Waals surface area contributed by atoms with E-state index in [1.165, 1.54) is 18.4 Å². The van der Waals surface area contributed by atoms with E-state index in [0.29, 0.717) is 36.1 Å². The quantitative estimate of drug-likeness (QED) is 0.273. The largest absolute Gasteiger partial charge is 0.491 e. The Balaban J connectivity index is 0.957. The second-order valence-corrected chi connectivity index (χ2v) is 13.5. The number of pyridine rings is 3. The van der Waals surface area contributed by atoms with E-state index in [4.69, 9.17) is 19.2 Å². The molecule has 4 atom stereocenters. The van der Waals surface area contributed by atoms with Crippen molar-refractivity contribution in [2.24, 2.45) is 5.92 Å². The summed E-state index contributed by atoms with van der Waals surface area (Å²) < 4.78 is 19.2. The van der Waals surface area contributed by atoms with E-state index in [1.807, 2.05) is 30.7 Å². The summed E-state index contributed by atoms with van der Waals surface area (Å²) in [6.07, 6.45) is 10.9. The zero-order valence-corrected chi connectivity index (χ0v) is 26.5. The van der Waals surface area contributed by atoms with Gasteiger partial charge in [-0.15, -0.1) is 0 Å². The van der Waals surface area contributed by atoms with E-state index < -0.39 is 0 Å². The molecular formula is C35H40N8O3. The fourth-order valence-electron chi connectivity index (χ4n) is 8.05. The number of nitriles is 1. The molecule has 0 radical (unpaired) electrons. The second kappa shape index (κ2) is 11.8. The van der Waals surface area contributed by atoms with Crippen LogP contribution < -0.4 is 14.4 Å². The van der Waals surface area contributed by atoms with Crippen molar-refractivity contribution in [3.63, 3.8) is 0 Å². The number of anilines is 1. The highest BCUT2D eigenvalue weighted by Crippen LogP contribution is 2.38. The van der Waals surface area contributed by atoms with Gasteiger partial charge in [0.15, 0.2) is 0 Å². The summed E-state index contributed by atoms with van der Waals surface area (Å²) in [5.74, 6) is 3.05. The molecule has 5 saturated heterocycles. The van der Waals surface area contributed by atoms with Crippen LogP contribution in [0, 0.1) is 17.2 Å². The maximum Gasteiger partial charge on any atom is 0.212 e. The molecule has 11 heteroatoms. The summed E-state index contributed by atoms with van der Waals surface area (Å²) in [4.78, 5) is 16.8. The maximum atomic E-state index is 9.84. The van der Waals surface area contributed by atoms with Crippen LogP contribution in [0.3, 0.4) is 0 Å². The van der Waals surface area contributed by atoms with Crippen LogP contribution in [0.1, 0.15) is 37.3 Å². The Kier molecular flexibility index (Phi) is 7.51. The van der Waals surface area contributed by atoms with Gasteiger partial charge >= 0.3 is 0 Å². The van der Waals surface area contributed by atoms with Gasteiger partial charge in [0.25, 0.3) is 0 Å². The van der Waals surface area contributed by atoms with E-state index in [2.05, 4.69) is 56.0 Å². The normalized spacial score (nSPS) is 26.0. The Morgan fingerprint density at radius 1 is 1.09 bits per heavy atom. The zero-order chi connectivity index (χ0) is 31.3. The van der Waals surface area contributed by atoms with Gasteiger partial charge in [0, 0.05) is 86.5 Å². The highest BCUT2D eigenvalue weighted by atomic mass is 16.5. The number of fused-ring (bicyclic) bond motifs is 5. The van der Waals surface area contributed by atoms with Crippen molar-refractivity contribution < 1.29 is 14.2 Å².